The minimum absolute atomic E-state index is 0.329. The summed E-state index contributed by atoms with van der Waals surface area (Å²) in [6, 6.07) is 4.29. The maximum atomic E-state index is 13.9. The smallest absolute Gasteiger partial charge is 0.129 e. The molecule has 0 radical (unpaired) electrons. The molecule has 1 aromatic carbocycles. The van der Waals surface area contributed by atoms with Crippen LogP contribution in [0.2, 0.25) is 0 Å². The van der Waals surface area contributed by atoms with Gasteiger partial charge in [-0.25, -0.2) is 8.78 Å². The van der Waals surface area contributed by atoms with Crippen LogP contribution in [0.15, 0.2) is 18.2 Å². The molecule has 3 heteroatoms. The van der Waals surface area contributed by atoms with Gasteiger partial charge in [-0.3, -0.25) is 0 Å². The third-order valence-electron chi connectivity index (χ3n) is 5.23. The van der Waals surface area contributed by atoms with Gasteiger partial charge in [-0.2, -0.15) is 0 Å². The summed E-state index contributed by atoms with van der Waals surface area (Å²) in [4.78, 5) is 0. The molecule has 1 N–H and O–H groups in total. The van der Waals surface area contributed by atoms with Gasteiger partial charge in [-0.05, 0) is 61.6 Å². The third kappa shape index (κ3) is 2.73. The Kier molecular flexibility index (Phi) is 4.06. The SMILES string of the molecule is CCNC(Cc1ccc(F)cc1F)C1CC2CCC1C2. The lowest BCUT2D eigenvalue weighted by molar-refractivity contribution is 0.248. The quantitative estimate of drug-likeness (QED) is 0.861. The molecule has 20 heavy (non-hydrogen) atoms. The van der Waals surface area contributed by atoms with Crippen molar-refractivity contribution in [1.29, 1.82) is 0 Å². The van der Waals surface area contributed by atoms with E-state index >= 15 is 0 Å². The fourth-order valence-corrected chi connectivity index (χ4v) is 4.35. The van der Waals surface area contributed by atoms with Gasteiger partial charge in [0, 0.05) is 12.1 Å². The molecular weight excluding hydrogens is 256 g/mol. The van der Waals surface area contributed by atoms with E-state index in [1.165, 1.54) is 31.7 Å². The van der Waals surface area contributed by atoms with Gasteiger partial charge in [0.15, 0.2) is 0 Å². The molecule has 4 atom stereocenters. The fraction of sp³-hybridized carbons (Fsp3) is 0.647. The van der Waals surface area contributed by atoms with Crippen LogP contribution in [-0.4, -0.2) is 12.6 Å². The average Bonchev–Trinajstić information content (AvgIpc) is 3.03. The van der Waals surface area contributed by atoms with Gasteiger partial charge in [0.1, 0.15) is 11.6 Å². The molecule has 2 aliphatic carbocycles. The zero-order valence-electron chi connectivity index (χ0n) is 12.0. The van der Waals surface area contributed by atoms with E-state index in [0.717, 1.165) is 24.4 Å². The Labute approximate surface area is 119 Å². The van der Waals surface area contributed by atoms with E-state index in [9.17, 15) is 8.78 Å². The van der Waals surface area contributed by atoms with Crippen LogP contribution in [0, 0.1) is 29.4 Å². The van der Waals surface area contributed by atoms with E-state index < -0.39 is 11.6 Å². The van der Waals surface area contributed by atoms with Gasteiger partial charge in [-0.15, -0.1) is 0 Å². The Morgan fingerprint density at radius 1 is 1.25 bits per heavy atom. The Bertz CT molecular complexity index is 474. The lowest BCUT2D eigenvalue weighted by Gasteiger charge is -2.31. The van der Waals surface area contributed by atoms with Gasteiger partial charge in [0.05, 0.1) is 0 Å². The molecule has 0 spiro atoms. The maximum Gasteiger partial charge on any atom is 0.129 e. The molecule has 0 heterocycles. The summed E-state index contributed by atoms with van der Waals surface area (Å²) in [7, 11) is 0. The van der Waals surface area contributed by atoms with Crippen LogP contribution in [-0.2, 0) is 6.42 Å². The van der Waals surface area contributed by atoms with Crippen LogP contribution in [0.4, 0.5) is 8.78 Å². The van der Waals surface area contributed by atoms with E-state index in [4.69, 9.17) is 0 Å². The maximum absolute atomic E-state index is 13.9. The van der Waals surface area contributed by atoms with Crippen molar-refractivity contribution in [1.82, 2.24) is 5.32 Å². The van der Waals surface area contributed by atoms with Gasteiger partial charge in [0.25, 0.3) is 0 Å². The van der Waals surface area contributed by atoms with Crippen molar-refractivity contribution in [3.8, 4) is 0 Å². The monoisotopic (exact) mass is 279 g/mol. The van der Waals surface area contributed by atoms with Crippen molar-refractivity contribution in [3.63, 3.8) is 0 Å². The normalized spacial score (nSPS) is 29.9. The number of hydrogen-bond acceptors (Lipinski definition) is 1. The molecule has 0 saturated heterocycles. The lowest BCUT2D eigenvalue weighted by atomic mass is 9.81. The first-order chi connectivity index (χ1) is 9.67. The molecule has 3 rings (SSSR count). The molecule has 0 aromatic heterocycles. The van der Waals surface area contributed by atoms with E-state index in [1.54, 1.807) is 6.07 Å². The summed E-state index contributed by atoms with van der Waals surface area (Å²) in [6.07, 6.45) is 6.03. The molecule has 110 valence electrons. The minimum atomic E-state index is -0.494. The van der Waals surface area contributed by atoms with Crippen molar-refractivity contribution in [2.75, 3.05) is 6.54 Å². The number of rotatable bonds is 5. The van der Waals surface area contributed by atoms with Crippen LogP contribution in [0.5, 0.6) is 0 Å². The molecule has 1 aromatic rings. The summed E-state index contributed by atoms with van der Waals surface area (Å²) in [5.74, 6) is 1.47. The highest BCUT2D eigenvalue weighted by atomic mass is 19.1. The molecule has 2 aliphatic rings. The first kappa shape index (κ1) is 14.0. The van der Waals surface area contributed by atoms with Crippen molar-refractivity contribution < 1.29 is 8.78 Å². The molecule has 2 bridgehead atoms. The second-order valence-corrected chi connectivity index (χ2v) is 6.44. The van der Waals surface area contributed by atoms with Crippen molar-refractivity contribution in [3.05, 3.63) is 35.4 Å². The number of halogens is 2. The van der Waals surface area contributed by atoms with Crippen LogP contribution in [0.25, 0.3) is 0 Å². The molecule has 1 nitrogen and oxygen atoms in total. The zero-order chi connectivity index (χ0) is 14.1. The van der Waals surface area contributed by atoms with Crippen LogP contribution >= 0.6 is 0 Å². The van der Waals surface area contributed by atoms with E-state index in [1.807, 2.05) is 0 Å². The Hall–Kier alpha value is -0.960. The summed E-state index contributed by atoms with van der Waals surface area (Å²) in [6.45, 7) is 3.00. The molecule has 2 fully saturated rings. The highest BCUT2D eigenvalue weighted by Gasteiger charge is 2.42. The fourth-order valence-electron chi connectivity index (χ4n) is 4.35. The van der Waals surface area contributed by atoms with E-state index in [0.29, 0.717) is 23.9 Å². The Morgan fingerprint density at radius 2 is 2.10 bits per heavy atom. The van der Waals surface area contributed by atoms with Gasteiger partial charge >= 0.3 is 0 Å². The molecule has 0 amide bonds. The third-order valence-corrected chi connectivity index (χ3v) is 5.23. The summed E-state index contributed by atoms with van der Waals surface area (Å²) in [5, 5.41) is 3.54. The molecular formula is C17H23F2N. The van der Waals surface area contributed by atoms with Crippen LogP contribution < -0.4 is 5.32 Å². The molecule has 2 saturated carbocycles. The number of hydrogen-bond donors (Lipinski definition) is 1. The number of nitrogens with one attached hydrogen (secondary N) is 1. The second kappa shape index (κ2) is 5.80. The first-order valence-corrected chi connectivity index (χ1v) is 7.84. The van der Waals surface area contributed by atoms with E-state index in [-0.39, 0.29) is 0 Å². The minimum Gasteiger partial charge on any atom is -0.314 e. The first-order valence-electron chi connectivity index (χ1n) is 7.84. The zero-order valence-corrected chi connectivity index (χ0v) is 12.0. The largest absolute Gasteiger partial charge is 0.314 e. The topological polar surface area (TPSA) is 12.0 Å². The predicted octanol–water partition coefficient (Wildman–Crippen LogP) is 3.92. The van der Waals surface area contributed by atoms with Crippen LogP contribution in [0.1, 0.15) is 38.2 Å². The van der Waals surface area contributed by atoms with Gasteiger partial charge in [-0.1, -0.05) is 19.4 Å². The number of fused-ring (bicyclic) bond motifs is 2. The van der Waals surface area contributed by atoms with E-state index in [2.05, 4.69) is 12.2 Å². The van der Waals surface area contributed by atoms with Crippen molar-refractivity contribution in [2.45, 2.75) is 45.1 Å². The Balaban J connectivity index is 1.74. The molecule has 4 unspecified atom stereocenters. The summed E-state index contributed by atoms with van der Waals surface area (Å²) < 4.78 is 26.9. The standard InChI is InChI=1S/C17H23F2N/c1-2-20-17(15-8-11-3-4-12(15)7-11)9-13-5-6-14(18)10-16(13)19/h5-6,10-12,15,17,20H,2-4,7-9H2,1H3. The summed E-state index contributed by atoms with van der Waals surface area (Å²) in [5.41, 5.74) is 0.639. The molecule has 0 aliphatic heterocycles. The highest BCUT2D eigenvalue weighted by molar-refractivity contribution is 5.20. The average molecular weight is 279 g/mol. The second-order valence-electron chi connectivity index (χ2n) is 6.44. The van der Waals surface area contributed by atoms with Crippen LogP contribution in [0.3, 0.4) is 0 Å². The summed E-state index contributed by atoms with van der Waals surface area (Å²) >= 11 is 0. The van der Waals surface area contributed by atoms with Crippen molar-refractivity contribution >= 4 is 0 Å². The predicted molar refractivity (Wildman–Crippen MR) is 76.5 cm³/mol. The number of benzene rings is 1. The number of likely N-dealkylation sites (N-methyl/N-ethyl adjacent to an activating group) is 1. The van der Waals surface area contributed by atoms with Gasteiger partial charge < -0.3 is 5.32 Å². The van der Waals surface area contributed by atoms with Gasteiger partial charge in [0.2, 0.25) is 0 Å². The Morgan fingerprint density at radius 3 is 2.70 bits per heavy atom. The van der Waals surface area contributed by atoms with Crippen molar-refractivity contribution in [2.24, 2.45) is 17.8 Å². The highest BCUT2D eigenvalue weighted by Crippen LogP contribution is 2.49. The lowest BCUT2D eigenvalue weighted by Crippen LogP contribution is -2.40.